The Hall–Kier alpha value is -4.30. The van der Waals surface area contributed by atoms with E-state index in [1.54, 1.807) is 36.4 Å². The van der Waals surface area contributed by atoms with E-state index in [-0.39, 0.29) is 16.3 Å². The molecule has 0 spiro atoms. The summed E-state index contributed by atoms with van der Waals surface area (Å²) in [6.07, 6.45) is 2.14. The third-order valence-electron chi connectivity index (χ3n) is 5.46. The minimum Gasteiger partial charge on any atom is -0.493 e. The lowest BCUT2D eigenvalue weighted by molar-refractivity contribution is -0.122. The first-order chi connectivity index (χ1) is 17.9. The molecule has 4 amide bonds. The van der Waals surface area contributed by atoms with Gasteiger partial charge in [0.15, 0.2) is 11.5 Å². The summed E-state index contributed by atoms with van der Waals surface area (Å²) in [5.74, 6) is -0.283. The molecule has 8 nitrogen and oxygen atoms in total. The second-order valence-corrected chi connectivity index (χ2v) is 8.52. The predicted molar refractivity (Wildman–Crippen MR) is 140 cm³/mol. The third kappa shape index (κ3) is 5.92. The molecule has 0 saturated carbocycles. The average molecular weight is 521 g/mol. The van der Waals surface area contributed by atoms with Crippen LogP contribution in [0.4, 0.5) is 10.5 Å². The van der Waals surface area contributed by atoms with Gasteiger partial charge in [0, 0.05) is 0 Å². The summed E-state index contributed by atoms with van der Waals surface area (Å²) in [5.41, 5.74) is 1.49. The van der Waals surface area contributed by atoms with E-state index in [0.717, 1.165) is 16.9 Å². The molecule has 1 N–H and O–H groups in total. The quantitative estimate of drug-likeness (QED) is 0.300. The van der Waals surface area contributed by atoms with Gasteiger partial charge in [0.25, 0.3) is 11.8 Å². The van der Waals surface area contributed by atoms with Crippen molar-refractivity contribution in [2.75, 3.05) is 18.6 Å². The monoisotopic (exact) mass is 520 g/mol. The van der Waals surface area contributed by atoms with Crippen LogP contribution in [0.1, 0.15) is 24.5 Å². The highest BCUT2D eigenvalue weighted by Crippen LogP contribution is 2.37. The molecule has 0 aromatic heterocycles. The molecule has 4 rings (SSSR count). The Morgan fingerprint density at radius 2 is 1.70 bits per heavy atom. The molecular weight excluding hydrogens is 496 g/mol. The van der Waals surface area contributed by atoms with E-state index in [1.807, 2.05) is 37.3 Å². The molecule has 1 aliphatic rings. The molecule has 37 heavy (non-hydrogen) atoms. The van der Waals surface area contributed by atoms with E-state index in [0.29, 0.717) is 36.0 Å². The lowest BCUT2D eigenvalue weighted by Gasteiger charge is -2.26. The molecule has 0 aliphatic carbocycles. The molecule has 9 heteroatoms. The Morgan fingerprint density at radius 1 is 0.973 bits per heavy atom. The van der Waals surface area contributed by atoms with Crippen LogP contribution in [0.15, 0.2) is 72.3 Å². The van der Waals surface area contributed by atoms with Crippen molar-refractivity contribution in [2.45, 2.75) is 20.0 Å². The van der Waals surface area contributed by atoms with Gasteiger partial charge in [-0.15, -0.1) is 0 Å². The van der Waals surface area contributed by atoms with Gasteiger partial charge in [0.1, 0.15) is 17.9 Å². The average Bonchev–Trinajstić information content (AvgIpc) is 2.90. The van der Waals surface area contributed by atoms with Gasteiger partial charge in [-0.2, -0.15) is 0 Å². The van der Waals surface area contributed by atoms with Crippen molar-refractivity contribution < 1.29 is 28.6 Å². The maximum atomic E-state index is 13.3. The van der Waals surface area contributed by atoms with Crippen LogP contribution in [0, 0.1) is 0 Å². The van der Waals surface area contributed by atoms with Crippen molar-refractivity contribution in [3.05, 3.63) is 88.5 Å². The van der Waals surface area contributed by atoms with Gasteiger partial charge >= 0.3 is 6.03 Å². The fraction of sp³-hybridized carbons (Fsp3) is 0.179. The zero-order chi connectivity index (χ0) is 26.4. The zero-order valence-corrected chi connectivity index (χ0v) is 21.1. The molecular formula is C28H25ClN2O6. The minimum atomic E-state index is -0.843. The van der Waals surface area contributed by atoms with Crippen LogP contribution in [0.3, 0.4) is 0 Å². The topological polar surface area (TPSA) is 94.2 Å². The summed E-state index contributed by atoms with van der Waals surface area (Å²) in [4.78, 5) is 39.3. The van der Waals surface area contributed by atoms with Crippen molar-refractivity contribution in [1.82, 2.24) is 5.32 Å². The molecule has 1 heterocycles. The summed E-state index contributed by atoms with van der Waals surface area (Å²) in [5, 5.41) is 2.48. The van der Waals surface area contributed by atoms with Crippen LogP contribution in [0.5, 0.6) is 17.2 Å². The summed E-state index contributed by atoms with van der Waals surface area (Å²) >= 11 is 6.37. The Bertz CT molecular complexity index is 1340. The van der Waals surface area contributed by atoms with Crippen LogP contribution >= 0.6 is 11.6 Å². The number of nitrogens with one attached hydrogen (secondary N) is 1. The van der Waals surface area contributed by atoms with Crippen LogP contribution < -0.4 is 24.4 Å². The lowest BCUT2D eigenvalue weighted by atomic mass is 10.1. The molecule has 0 radical (unpaired) electrons. The molecule has 0 atom stereocenters. The summed E-state index contributed by atoms with van der Waals surface area (Å²) < 4.78 is 16.8. The number of hydrogen-bond donors (Lipinski definition) is 1. The number of benzene rings is 3. The number of carbonyl (C=O) groups excluding carboxylic acids is 3. The number of barbiturate groups is 1. The van der Waals surface area contributed by atoms with Crippen LogP contribution in [0.2, 0.25) is 5.02 Å². The van der Waals surface area contributed by atoms with Gasteiger partial charge in [-0.3, -0.25) is 14.9 Å². The first-order valence-corrected chi connectivity index (χ1v) is 12.0. The number of halogens is 1. The summed E-state index contributed by atoms with van der Waals surface area (Å²) in [7, 11) is 1.47. The summed E-state index contributed by atoms with van der Waals surface area (Å²) in [6.45, 7) is 2.79. The number of urea groups is 1. The number of nitrogens with zero attached hydrogens (tertiary/aromatic N) is 1. The zero-order valence-electron chi connectivity index (χ0n) is 20.3. The van der Waals surface area contributed by atoms with Gasteiger partial charge in [-0.05, 0) is 60.0 Å². The van der Waals surface area contributed by atoms with Gasteiger partial charge in [0.2, 0.25) is 0 Å². The molecule has 0 bridgehead atoms. The fourth-order valence-electron chi connectivity index (χ4n) is 3.66. The Balaban J connectivity index is 1.56. The van der Waals surface area contributed by atoms with Crippen molar-refractivity contribution in [3.8, 4) is 17.2 Å². The number of hydrogen-bond acceptors (Lipinski definition) is 6. The number of carbonyl (C=O) groups is 3. The van der Waals surface area contributed by atoms with E-state index in [4.69, 9.17) is 25.8 Å². The summed E-state index contributed by atoms with van der Waals surface area (Å²) in [6, 6.07) is 18.4. The normalized spacial score (nSPS) is 14.5. The van der Waals surface area contributed by atoms with E-state index in [9.17, 15) is 14.4 Å². The molecule has 1 saturated heterocycles. The lowest BCUT2D eigenvalue weighted by Crippen LogP contribution is -2.54. The second kappa shape index (κ2) is 11.6. The Labute approximate surface area is 219 Å². The molecule has 1 fully saturated rings. The van der Waals surface area contributed by atoms with Crippen molar-refractivity contribution >= 4 is 41.2 Å². The van der Waals surface area contributed by atoms with E-state index < -0.39 is 17.8 Å². The molecule has 3 aromatic carbocycles. The predicted octanol–water partition coefficient (Wildman–Crippen LogP) is 5.38. The fourth-order valence-corrected chi connectivity index (χ4v) is 3.93. The van der Waals surface area contributed by atoms with Crippen LogP contribution in [-0.4, -0.2) is 31.6 Å². The maximum absolute atomic E-state index is 13.3. The van der Waals surface area contributed by atoms with E-state index in [2.05, 4.69) is 5.32 Å². The molecule has 190 valence electrons. The van der Waals surface area contributed by atoms with Crippen LogP contribution in [-0.2, 0) is 16.2 Å². The third-order valence-corrected chi connectivity index (χ3v) is 5.74. The smallest absolute Gasteiger partial charge is 0.335 e. The number of anilines is 1. The first kappa shape index (κ1) is 25.8. The number of amides is 4. The van der Waals surface area contributed by atoms with E-state index >= 15 is 0 Å². The van der Waals surface area contributed by atoms with Gasteiger partial charge in [-0.1, -0.05) is 48.9 Å². The number of imide groups is 2. The standard InChI is InChI=1S/C28H25ClN2O6/c1-3-13-36-25-23(29)15-19(16-24(25)35-2)14-22-26(32)30-28(34)31(27(22)33)20-9-11-21(12-10-20)37-17-18-7-5-4-6-8-18/h4-12,14-16H,3,13,17H2,1-2H3,(H,30,32,34)/b22-14+. The number of ether oxygens (including phenoxy) is 3. The number of rotatable bonds is 9. The minimum absolute atomic E-state index is 0.232. The maximum Gasteiger partial charge on any atom is 0.335 e. The van der Waals surface area contributed by atoms with Gasteiger partial charge < -0.3 is 14.2 Å². The Kier molecular flexibility index (Phi) is 8.10. The van der Waals surface area contributed by atoms with Crippen molar-refractivity contribution in [1.29, 1.82) is 0 Å². The van der Waals surface area contributed by atoms with E-state index in [1.165, 1.54) is 13.2 Å². The highest BCUT2D eigenvalue weighted by atomic mass is 35.5. The van der Waals surface area contributed by atoms with Crippen LogP contribution in [0.25, 0.3) is 6.08 Å². The van der Waals surface area contributed by atoms with Crippen molar-refractivity contribution in [2.24, 2.45) is 0 Å². The SMILES string of the molecule is CCCOc1c(Cl)cc(/C=C2\C(=O)NC(=O)N(c3ccc(OCc4ccccc4)cc3)C2=O)cc1OC. The highest BCUT2D eigenvalue weighted by Gasteiger charge is 2.37. The molecule has 3 aromatic rings. The second-order valence-electron chi connectivity index (χ2n) is 8.11. The Morgan fingerprint density at radius 3 is 2.38 bits per heavy atom. The van der Waals surface area contributed by atoms with Gasteiger partial charge in [-0.25, -0.2) is 9.69 Å². The van der Waals surface area contributed by atoms with Gasteiger partial charge in [0.05, 0.1) is 24.4 Å². The highest BCUT2D eigenvalue weighted by molar-refractivity contribution is 6.39. The van der Waals surface area contributed by atoms with Crippen molar-refractivity contribution in [3.63, 3.8) is 0 Å². The largest absolute Gasteiger partial charge is 0.493 e. The molecule has 1 aliphatic heterocycles. The number of methoxy groups -OCH3 is 1. The first-order valence-electron chi connectivity index (χ1n) is 11.6. The molecule has 0 unspecified atom stereocenters.